The summed E-state index contributed by atoms with van der Waals surface area (Å²) < 4.78 is 5.22. The summed E-state index contributed by atoms with van der Waals surface area (Å²) in [4.78, 5) is 28.6. The molecule has 3 unspecified atom stereocenters. The quantitative estimate of drug-likeness (QED) is 0.686. The summed E-state index contributed by atoms with van der Waals surface area (Å²) in [6.07, 6.45) is 0. The molecule has 0 aromatic heterocycles. The van der Waals surface area contributed by atoms with E-state index in [4.69, 9.17) is 16.3 Å². The lowest BCUT2D eigenvalue weighted by molar-refractivity contribution is -0.130. The number of piperidine rings is 1. The number of methoxy groups -OCH3 is 1. The second-order valence-corrected chi connectivity index (χ2v) is 8.35. The van der Waals surface area contributed by atoms with Crippen molar-refractivity contribution in [3.63, 3.8) is 0 Å². The Hall–Kier alpha value is -2.45. The Morgan fingerprint density at radius 3 is 2.65 bits per heavy atom. The molecule has 8 heteroatoms. The molecule has 2 aliphatic heterocycles. The summed E-state index contributed by atoms with van der Waals surface area (Å²) in [5.74, 6) is -0.785. The molecule has 2 amide bonds. The lowest BCUT2D eigenvalue weighted by Gasteiger charge is -2.38. The maximum Gasteiger partial charge on any atom is 0.247 e. The van der Waals surface area contributed by atoms with E-state index in [1.807, 2.05) is 48.5 Å². The summed E-state index contributed by atoms with van der Waals surface area (Å²) in [5.41, 5.74) is 4.96. The number of carbonyl (C=O) groups excluding carboxylic acids is 2. The third kappa shape index (κ3) is 4.75. The van der Waals surface area contributed by atoms with Crippen molar-refractivity contribution in [2.45, 2.75) is 12.6 Å². The Labute approximate surface area is 187 Å². The van der Waals surface area contributed by atoms with Gasteiger partial charge in [-0.05, 0) is 23.8 Å². The van der Waals surface area contributed by atoms with Crippen LogP contribution in [0.4, 0.5) is 5.69 Å². The number of nitrogens with zero attached hydrogens (tertiary/aromatic N) is 2. The molecule has 0 saturated carbocycles. The first-order valence-electron chi connectivity index (χ1n) is 10.5. The molecule has 3 atom stereocenters. The fourth-order valence-electron chi connectivity index (χ4n) is 4.31. The monoisotopic (exact) mass is 442 g/mol. The molecule has 0 spiro atoms. The van der Waals surface area contributed by atoms with E-state index in [2.05, 4.69) is 15.6 Å². The number of likely N-dealkylation sites (tertiary alicyclic amines) is 1. The zero-order valence-electron chi connectivity index (χ0n) is 17.5. The minimum atomic E-state index is -0.379. The Morgan fingerprint density at radius 2 is 1.90 bits per heavy atom. The van der Waals surface area contributed by atoms with Gasteiger partial charge in [0.1, 0.15) is 0 Å². The molecule has 2 fully saturated rings. The van der Waals surface area contributed by atoms with Gasteiger partial charge in [0.05, 0.1) is 30.2 Å². The van der Waals surface area contributed by atoms with Gasteiger partial charge in [0.25, 0.3) is 0 Å². The van der Waals surface area contributed by atoms with E-state index in [-0.39, 0.29) is 29.7 Å². The van der Waals surface area contributed by atoms with Gasteiger partial charge in [-0.25, -0.2) is 10.4 Å². The fourth-order valence-corrected chi connectivity index (χ4v) is 4.51. The molecule has 7 nitrogen and oxygen atoms in total. The first-order chi connectivity index (χ1) is 15.1. The predicted molar refractivity (Wildman–Crippen MR) is 119 cm³/mol. The summed E-state index contributed by atoms with van der Waals surface area (Å²) >= 11 is 6.23. The van der Waals surface area contributed by atoms with E-state index in [1.54, 1.807) is 18.2 Å². The number of amides is 2. The third-order valence-corrected chi connectivity index (χ3v) is 6.33. The number of nitrogens with one attached hydrogen (secondary N) is 2. The number of carbonyl (C=O) groups is 2. The van der Waals surface area contributed by atoms with E-state index in [0.717, 1.165) is 11.3 Å². The molecule has 2 aromatic rings. The van der Waals surface area contributed by atoms with Gasteiger partial charge in [0.15, 0.2) is 0 Å². The lowest BCUT2D eigenvalue weighted by Crippen LogP contribution is -2.57. The van der Waals surface area contributed by atoms with Crippen LogP contribution in [0.15, 0.2) is 54.6 Å². The largest absolute Gasteiger partial charge is 0.383 e. The number of benzene rings is 2. The highest BCUT2D eigenvalue weighted by atomic mass is 35.5. The minimum absolute atomic E-state index is 0.0118. The van der Waals surface area contributed by atoms with Gasteiger partial charge in [-0.15, -0.1) is 0 Å². The molecule has 2 aliphatic rings. The van der Waals surface area contributed by atoms with Gasteiger partial charge in [-0.2, -0.15) is 0 Å². The van der Waals surface area contributed by atoms with E-state index in [9.17, 15) is 9.59 Å². The molecule has 31 heavy (non-hydrogen) atoms. The number of hydrogen-bond acceptors (Lipinski definition) is 5. The highest BCUT2D eigenvalue weighted by Gasteiger charge is 2.50. The van der Waals surface area contributed by atoms with E-state index in [0.29, 0.717) is 37.8 Å². The summed E-state index contributed by atoms with van der Waals surface area (Å²) in [6, 6.07) is 16.7. The van der Waals surface area contributed by atoms with Crippen molar-refractivity contribution >= 4 is 29.1 Å². The van der Waals surface area contributed by atoms with E-state index in [1.165, 1.54) is 0 Å². The van der Waals surface area contributed by atoms with Gasteiger partial charge >= 0.3 is 0 Å². The zero-order valence-corrected chi connectivity index (χ0v) is 18.2. The highest BCUT2D eigenvalue weighted by Crippen LogP contribution is 2.32. The Bertz CT molecular complexity index is 926. The van der Waals surface area contributed by atoms with Crippen LogP contribution in [0.3, 0.4) is 0 Å². The zero-order chi connectivity index (χ0) is 21.8. The first-order valence-corrected chi connectivity index (χ1v) is 10.8. The lowest BCUT2D eigenvalue weighted by atomic mass is 9.84. The first kappa shape index (κ1) is 21.8. The summed E-state index contributed by atoms with van der Waals surface area (Å²) in [7, 11) is 1.65. The topological polar surface area (TPSA) is 73.9 Å². The average Bonchev–Trinajstić information content (AvgIpc) is 3.13. The molecule has 0 bridgehead atoms. The number of para-hydroxylation sites is 1. The normalized spacial score (nSPS) is 23.6. The Balaban J connectivity index is 1.52. The summed E-state index contributed by atoms with van der Waals surface area (Å²) in [5, 5.41) is 5.22. The molecule has 0 radical (unpaired) electrons. The molecule has 4 rings (SSSR count). The van der Waals surface area contributed by atoms with Crippen molar-refractivity contribution < 1.29 is 14.3 Å². The van der Waals surface area contributed by atoms with Crippen molar-refractivity contribution in [3.8, 4) is 0 Å². The van der Waals surface area contributed by atoms with Crippen LogP contribution in [-0.2, 0) is 20.9 Å². The molecule has 0 aliphatic carbocycles. The second-order valence-electron chi connectivity index (χ2n) is 7.94. The van der Waals surface area contributed by atoms with Crippen LogP contribution < -0.4 is 15.8 Å². The smallest absolute Gasteiger partial charge is 0.247 e. The van der Waals surface area contributed by atoms with E-state index >= 15 is 0 Å². The van der Waals surface area contributed by atoms with Gasteiger partial charge in [0, 0.05) is 38.3 Å². The van der Waals surface area contributed by atoms with Crippen LogP contribution in [0.25, 0.3) is 0 Å². The van der Waals surface area contributed by atoms with Crippen LogP contribution in [0, 0.1) is 11.8 Å². The maximum absolute atomic E-state index is 13.2. The second kappa shape index (κ2) is 9.78. The number of hydrogen-bond donors (Lipinski definition) is 2. The van der Waals surface area contributed by atoms with Crippen LogP contribution in [-0.4, -0.2) is 56.1 Å². The van der Waals surface area contributed by atoms with Crippen molar-refractivity contribution in [1.29, 1.82) is 0 Å². The third-order valence-electron chi connectivity index (χ3n) is 5.97. The van der Waals surface area contributed by atoms with Gasteiger partial charge < -0.3 is 10.1 Å². The van der Waals surface area contributed by atoms with Crippen LogP contribution in [0.5, 0.6) is 0 Å². The van der Waals surface area contributed by atoms with Gasteiger partial charge in [-0.3, -0.25) is 14.5 Å². The molecule has 164 valence electrons. The number of fused-ring (bicyclic) bond motifs is 1. The Kier molecular flexibility index (Phi) is 6.87. The van der Waals surface area contributed by atoms with Crippen LogP contribution in [0.2, 0.25) is 5.02 Å². The van der Waals surface area contributed by atoms with Crippen LogP contribution >= 0.6 is 11.6 Å². The SMILES string of the molecule is COCCN1CC(C(=O)NCc2ccccc2Cl)C2NN(c3ccccc3)C(=O)C2C1. The van der Waals surface area contributed by atoms with E-state index < -0.39 is 0 Å². The number of ether oxygens (including phenoxy) is 1. The molecule has 2 N–H and O–H groups in total. The van der Waals surface area contributed by atoms with Crippen molar-refractivity contribution in [3.05, 3.63) is 65.2 Å². The molecular formula is C23H27ClN4O3. The van der Waals surface area contributed by atoms with Crippen molar-refractivity contribution in [2.75, 3.05) is 38.4 Å². The molecule has 2 heterocycles. The molecular weight excluding hydrogens is 416 g/mol. The van der Waals surface area contributed by atoms with Gasteiger partial charge in [-0.1, -0.05) is 48.0 Å². The Morgan fingerprint density at radius 1 is 1.16 bits per heavy atom. The molecule has 2 saturated heterocycles. The average molecular weight is 443 g/mol. The van der Waals surface area contributed by atoms with Crippen LogP contribution in [0.1, 0.15) is 5.56 Å². The fraction of sp³-hybridized carbons (Fsp3) is 0.391. The van der Waals surface area contributed by atoms with Gasteiger partial charge in [0.2, 0.25) is 11.8 Å². The maximum atomic E-state index is 13.2. The highest BCUT2D eigenvalue weighted by molar-refractivity contribution is 6.31. The van der Waals surface area contributed by atoms with Crippen molar-refractivity contribution in [1.82, 2.24) is 15.6 Å². The minimum Gasteiger partial charge on any atom is -0.383 e. The summed E-state index contributed by atoms with van der Waals surface area (Å²) in [6.45, 7) is 2.72. The van der Waals surface area contributed by atoms with Crippen molar-refractivity contribution in [2.24, 2.45) is 11.8 Å². The number of hydrazine groups is 1. The number of anilines is 1. The standard InChI is InChI=1S/C23H27ClN4O3/c1-31-12-11-27-14-18(22(29)25-13-16-7-5-6-10-20(16)24)21-19(15-27)23(30)28(26-21)17-8-3-2-4-9-17/h2-10,18-19,21,26H,11-15H2,1H3,(H,25,29). The number of rotatable bonds is 7. The number of halogens is 1. The molecule has 2 aromatic carbocycles. The predicted octanol–water partition coefficient (Wildman–Crippen LogP) is 2.07.